The van der Waals surface area contributed by atoms with Gasteiger partial charge in [0.1, 0.15) is 0 Å². The first-order chi connectivity index (χ1) is 11.6. The summed E-state index contributed by atoms with van der Waals surface area (Å²) < 4.78 is 2.02. The lowest BCUT2D eigenvalue weighted by Gasteiger charge is -2.23. The Morgan fingerprint density at radius 3 is 2.58 bits per heavy atom. The zero-order valence-corrected chi connectivity index (χ0v) is 14.8. The van der Waals surface area contributed by atoms with Gasteiger partial charge < -0.3 is 14.8 Å². The average molecular weight is 360 g/mol. The number of carbonyl (C=O) groups is 1. The summed E-state index contributed by atoms with van der Waals surface area (Å²) in [6, 6.07) is 15.0. The maximum Gasteiger partial charge on any atom is 0.322 e. The highest BCUT2D eigenvalue weighted by atomic mass is 35.5. The Labute approximate surface area is 150 Å². The van der Waals surface area contributed by atoms with Crippen molar-refractivity contribution in [2.75, 3.05) is 5.32 Å². The van der Waals surface area contributed by atoms with Crippen LogP contribution in [0.1, 0.15) is 10.6 Å². The molecule has 0 unspecified atom stereocenters. The third-order valence-corrected chi connectivity index (χ3v) is 4.83. The van der Waals surface area contributed by atoms with Crippen LogP contribution in [0.4, 0.5) is 10.5 Å². The van der Waals surface area contributed by atoms with Gasteiger partial charge in [0.05, 0.1) is 13.1 Å². The van der Waals surface area contributed by atoms with Crippen LogP contribution in [-0.4, -0.2) is 15.5 Å². The first-order valence-corrected chi connectivity index (χ1v) is 8.81. The van der Waals surface area contributed by atoms with E-state index in [1.165, 1.54) is 0 Å². The van der Waals surface area contributed by atoms with E-state index in [0.717, 1.165) is 16.3 Å². The summed E-state index contributed by atoms with van der Waals surface area (Å²) in [5.41, 5.74) is 1.81. The number of hydrogen-bond donors (Lipinski definition) is 1. The largest absolute Gasteiger partial charge is 0.353 e. The summed E-state index contributed by atoms with van der Waals surface area (Å²) in [7, 11) is 1.98. The van der Waals surface area contributed by atoms with Gasteiger partial charge in [-0.05, 0) is 47.8 Å². The van der Waals surface area contributed by atoms with E-state index in [0.29, 0.717) is 18.1 Å². The molecule has 0 fully saturated rings. The third kappa shape index (κ3) is 4.19. The Morgan fingerprint density at radius 1 is 1.17 bits per heavy atom. The van der Waals surface area contributed by atoms with Gasteiger partial charge >= 0.3 is 6.03 Å². The molecule has 2 amide bonds. The smallest absolute Gasteiger partial charge is 0.322 e. The summed E-state index contributed by atoms with van der Waals surface area (Å²) in [5, 5.41) is 5.60. The molecule has 0 saturated carbocycles. The van der Waals surface area contributed by atoms with Gasteiger partial charge in [0, 0.05) is 34.5 Å². The molecule has 0 aliphatic carbocycles. The van der Waals surface area contributed by atoms with Crippen molar-refractivity contribution in [1.29, 1.82) is 0 Å². The monoisotopic (exact) mass is 359 g/mol. The second-order valence-electron chi connectivity index (χ2n) is 5.48. The minimum atomic E-state index is -0.132. The van der Waals surface area contributed by atoms with Crippen LogP contribution in [0.2, 0.25) is 5.02 Å². The molecule has 6 heteroatoms. The fraction of sp³-hybridized carbons (Fsp3) is 0.167. The fourth-order valence-corrected chi connectivity index (χ4v) is 3.23. The number of aryl methyl sites for hydroxylation is 1. The van der Waals surface area contributed by atoms with Crippen molar-refractivity contribution in [3.8, 4) is 0 Å². The molecule has 3 aromatic rings. The number of benzene rings is 1. The Bertz CT molecular complexity index is 796. The maximum absolute atomic E-state index is 12.7. The first kappa shape index (κ1) is 16.6. The Kier molecular flexibility index (Phi) is 5.23. The number of anilines is 1. The van der Waals surface area contributed by atoms with Crippen LogP contribution in [0.15, 0.2) is 60.1 Å². The van der Waals surface area contributed by atoms with E-state index in [9.17, 15) is 4.79 Å². The van der Waals surface area contributed by atoms with Crippen LogP contribution in [0.5, 0.6) is 0 Å². The predicted octanol–water partition coefficient (Wildman–Crippen LogP) is 4.97. The second kappa shape index (κ2) is 7.55. The van der Waals surface area contributed by atoms with Crippen LogP contribution in [0.25, 0.3) is 0 Å². The lowest BCUT2D eigenvalue weighted by Crippen LogP contribution is -2.34. The van der Waals surface area contributed by atoms with E-state index in [-0.39, 0.29) is 6.03 Å². The summed E-state index contributed by atoms with van der Waals surface area (Å²) in [6.07, 6.45) is 1.98. The number of nitrogens with one attached hydrogen (secondary N) is 1. The highest BCUT2D eigenvalue weighted by Crippen LogP contribution is 2.18. The standard InChI is InChI=1S/C18H18ClN3OS/c1-21-10-2-4-16(21)12-22(13-17-5-3-11-24-17)18(23)20-15-8-6-14(19)7-9-15/h2-11H,12-13H2,1H3,(H,20,23). The van der Waals surface area contributed by atoms with Crippen molar-refractivity contribution in [3.05, 3.63) is 75.7 Å². The van der Waals surface area contributed by atoms with Gasteiger partial charge in [-0.25, -0.2) is 4.79 Å². The van der Waals surface area contributed by atoms with E-state index in [2.05, 4.69) is 5.32 Å². The topological polar surface area (TPSA) is 37.3 Å². The van der Waals surface area contributed by atoms with Crippen molar-refractivity contribution < 1.29 is 4.79 Å². The summed E-state index contributed by atoms with van der Waals surface area (Å²) in [6.45, 7) is 1.11. The summed E-state index contributed by atoms with van der Waals surface area (Å²) >= 11 is 7.54. The number of aromatic nitrogens is 1. The molecule has 0 bridgehead atoms. The molecule has 0 spiro atoms. The molecule has 1 N–H and O–H groups in total. The molecule has 3 rings (SSSR count). The molecule has 124 valence electrons. The molecule has 2 aromatic heterocycles. The molecule has 1 aromatic carbocycles. The van der Waals surface area contributed by atoms with Gasteiger partial charge in [0.15, 0.2) is 0 Å². The Hall–Kier alpha value is -2.24. The summed E-state index contributed by atoms with van der Waals surface area (Å²) in [5.74, 6) is 0. The minimum Gasteiger partial charge on any atom is -0.353 e. The molecular weight excluding hydrogens is 342 g/mol. The highest BCUT2D eigenvalue weighted by Gasteiger charge is 2.16. The van der Waals surface area contributed by atoms with Crippen LogP contribution in [0.3, 0.4) is 0 Å². The van der Waals surface area contributed by atoms with E-state index >= 15 is 0 Å². The van der Waals surface area contributed by atoms with Gasteiger partial charge in [-0.3, -0.25) is 0 Å². The van der Waals surface area contributed by atoms with Crippen molar-refractivity contribution >= 4 is 34.7 Å². The summed E-state index contributed by atoms with van der Waals surface area (Å²) in [4.78, 5) is 15.7. The van der Waals surface area contributed by atoms with Crippen LogP contribution in [0, 0.1) is 0 Å². The predicted molar refractivity (Wildman–Crippen MR) is 99.4 cm³/mol. The normalized spacial score (nSPS) is 10.6. The second-order valence-corrected chi connectivity index (χ2v) is 6.95. The average Bonchev–Trinajstić information content (AvgIpc) is 3.21. The third-order valence-electron chi connectivity index (χ3n) is 3.71. The molecular formula is C18H18ClN3OS. The molecule has 4 nitrogen and oxygen atoms in total. The zero-order valence-electron chi connectivity index (χ0n) is 13.3. The molecule has 24 heavy (non-hydrogen) atoms. The van der Waals surface area contributed by atoms with Gasteiger partial charge in [0.2, 0.25) is 0 Å². The number of carbonyl (C=O) groups excluding carboxylic acids is 1. The number of urea groups is 1. The molecule has 0 aliphatic heterocycles. The Balaban J connectivity index is 1.76. The molecule has 2 heterocycles. The molecule has 0 radical (unpaired) electrons. The minimum absolute atomic E-state index is 0.132. The lowest BCUT2D eigenvalue weighted by molar-refractivity contribution is 0.205. The lowest BCUT2D eigenvalue weighted by atomic mass is 10.3. The molecule has 0 atom stereocenters. The zero-order chi connectivity index (χ0) is 16.9. The van der Waals surface area contributed by atoms with Crippen LogP contribution in [-0.2, 0) is 20.1 Å². The molecule has 0 saturated heterocycles. The van der Waals surface area contributed by atoms with Gasteiger partial charge in [-0.15, -0.1) is 11.3 Å². The van der Waals surface area contributed by atoms with Crippen molar-refractivity contribution in [2.24, 2.45) is 7.05 Å². The van der Waals surface area contributed by atoms with Crippen molar-refractivity contribution in [1.82, 2.24) is 9.47 Å². The van der Waals surface area contributed by atoms with Crippen molar-refractivity contribution in [3.63, 3.8) is 0 Å². The van der Waals surface area contributed by atoms with Gasteiger partial charge in [-0.2, -0.15) is 0 Å². The van der Waals surface area contributed by atoms with E-state index in [1.807, 2.05) is 47.5 Å². The Morgan fingerprint density at radius 2 is 1.96 bits per heavy atom. The highest BCUT2D eigenvalue weighted by molar-refractivity contribution is 7.09. The number of rotatable bonds is 5. The van der Waals surface area contributed by atoms with Crippen molar-refractivity contribution in [2.45, 2.75) is 13.1 Å². The number of amides is 2. The quantitative estimate of drug-likeness (QED) is 0.685. The van der Waals surface area contributed by atoms with Gasteiger partial charge in [-0.1, -0.05) is 17.7 Å². The fourth-order valence-electron chi connectivity index (χ4n) is 2.38. The maximum atomic E-state index is 12.7. The van der Waals surface area contributed by atoms with Gasteiger partial charge in [0.25, 0.3) is 0 Å². The SMILES string of the molecule is Cn1cccc1CN(Cc1cccs1)C(=O)Nc1ccc(Cl)cc1. The number of halogens is 1. The molecule has 0 aliphatic rings. The van der Waals surface area contributed by atoms with E-state index in [1.54, 1.807) is 40.5 Å². The van der Waals surface area contributed by atoms with Crippen LogP contribution < -0.4 is 5.32 Å². The van der Waals surface area contributed by atoms with E-state index in [4.69, 9.17) is 11.6 Å². The van der Waals surface area contributed by atoms with E-state index < -0.39 is 0 Å². The van der Waals surface area contributed by atoms with Crippen LogP contribution >= 0.6 is 22.9 Å². The number of nitrogens with zero attached hydrogens (tertiary/aromatic N) is 2. The number of thiophene rings is 1. The number of hydrogen-bond acceptors (Lipinski definition) is 2. The first-order valence-electron chi connectivity index (χ1n) is 7.56.